The average Bonchev–Trinajstić information content (AvgIpc) is 3.57. The lowest BCUT2D eigenvalue weighted by Crippen LogP contribution is -2.34. The predicted octanol–water partition coefficient (Wildman–Crippen LogP) is 4.63. The van der Waals surface area contributed by atoms with Gasteiger partial charge in [-0.3, -0.25) is 9.59 Å². The van der Waals surface area contributed by atoms with Crippen LogP contribution in [0.3, 0.4) is 0 Å². The quantitative estimate of drug-likeness (QED) is 0.410. The topological polar surface area (TPSA) is 96.5 Å². The summed E-state index contributed by atoms with van der Waals surface area (Å²) < 4.78 is 5.64. The highest BCUT2D eigenvalue weighted by molar-refractivity contribution is 7.13. The van der Waals surface area contributed by atoms with Crippen LogP contribution in [0.1, 0.15) is 51.4 Å². The molecular weight excluding hydrogens is 486 g/mol. The van der Waals surface area contributed by atoms with E-state index in [1.54, 1.807) is 48.5 Å². The van der Waals surface area contributed by atoms with E-state index in [4.69, 9.17) is 16.3 Å². The molecular formula is C25H28ClN5O3S. The Bertz CT molecular complexity index is 1130. The van der Waals surface area contributed by atoms with E-state index in [9.17, 15) is 9.59 Å². The molecule has 0 unspecified atom stereocenters. The molecule has 1 saturated heterocycles. The molecule has 2 amide bonds. The maximum absolute atomic E-state index is 12.5. The van der Waals surface area contributed by atoms with Crippen LogP contribution in [-0.2, 0) is 6.61 Å². The summed E-state index contributed by atoms with van der Waals surface area (Å²) >= 11 is 7.02. The Morgan fingerprint density at radius 1 is 1.06 bits per heavy atom. The van der Waals surface area contributed by atoms with E-state index < -0.39 is 0 Å². The second-order valence-electron chi connectivity index (χ2n) is 8.41. The van der Waals surface area contributed by atoms with E-state index in [0.717, 1.165) is 30.8 Å². The number of benzene rings is 2. The second kappa shape index (κ2) is 12.1. The van der Waals surface area contributed by atoms with Gasteiger partial charge in [0.25, 0.3) is 11.8 Å². The fourth-order valence-electron chi connectivity index (χ4n) is 3.83. The van der Waals surface area contributed by atoms with Gasteiger partial charge in [0.15, 0.2) is 5.01 Å². The summed E-state index contributed by atoms with van der Waals surface area (Å²) in [7, 11) is 0. The third kappa shape index (κ3) is 7.24. The molecule has 1 atom stereocenters. The molecule has 1 fully saturated rings. The molecule has 4 rings (SSSR count). The lowest BCUT2D eigenvalue weighted by Gasteiger charge is -2.23. The van der Waals surface area contributed by atoms with Gasteiger partial charge >= 0.3 is 0 Å². The monoisotopic (exact) mass is 513 g/mol. The van der Waals surface area contributed by atoms with Gasteiger partial charge in [0.1, 0.15) is 12.4 Å². The molecule has 1 aromatic heterocycles. The Labute approximate surface area is 213 Å². The molecule has 2 heterocycles. The van der Waals surface area contributed by atoms with Crippen molar-refractivity contribution >= 4 is 40.4 Å². The number of hydrogen-bond acceptors (Lipinski definition) is 7. The third-order valence-electron chi connectivity index (χ3n) is 5.85. The van der Waals surface area contributed by atoms with Crippen molar-refractivity contribution in [2.45, 2.75) is 38.8 Å². The first kappa shape index (κ1) is 25.1. The van der Waals surface area contributed by atoms with Crippen LogP contribution in [-0.4, -0.2) is 52.6 Å². The highest BCUT2D eigenvalue weighted by Crippen LogP contribution is 2.19. The Morgan fingerprint density at radius 3 is 2.49 bits per heavy atom. The summed E-state index contributed by atoms with van der Waals surface area (Å²) in [5, 5.41) is 15.2. The zero-order chi connectivity index (χ0) is 24.6. The van der Waals surface area contributed by atoms with Crippen LogP contribution in [0.25, 0.3) is 0 Å². The van der Waals surface area contributed by atoms with Gasteiger partial charge in [0.05, 0.1) is 0 Å². The number of halogens is 1. The fourth-order valence-corrected chi connectivity index (χ4v) is 4.60. The van der Waals surface area contributed by atoms with Gasteiger partial charge in [-0.1, -0.05) is 22.9 Å². The molecule has 1 aliphatic heterocycles. The Kier molecular flexibility index (Phi) is 8.68. The molecule has 0 aliphatic carbocycles. The minimum Gasteiger partial charge on any atom is -0.486 e. The van der Waals surface area contributed by atoms with E-state index in [1.807, 2.05) is 0 Å². The molecule has 0 bridgehead atoms. The van der Waals surface area contributed by atoms with E-state index in [0.29, 0.717) is 39.6 Å². The number of nitrogens with zero attached hydrogens (tertiary/aromatic N) is 3. The van der Waals surface area contributed by atoms with Crippen molar-refractivity contribution in [3.8, 4) is 5.75 Å². The molecule has 2 N–H and O–H groups in total. The summed E-state index contributed by atoms with van der Waals surface area (Å²) in [6.45, 7) is 5.35. The number of carbonyl (C=O) groups excluding carboxylic acids is 2. The average molecular weight is 514 g/mol. The Morgan fingerprint density at radius 2 is 1.77 bits per heavy atom. The van der Waals surface area contributed by atoms with Gasteiger partial charge in [0, 0.05) is 28.9 Å². The molecule has 8 nitrogen and oxygen atoms in total. The van der Waals surface area contributed by atoms with Crippen molar-refractivity contribution < 1.29 is 14.3 Å². The Balaban J connectivity index is 1.22. The molecule has 3 aromatic rings. The first-order valence-electron chi connectivity index (χ1n) is 11.6. The van der Waals surface area contributed by atoms with Crippen LogP contribution in [0.4, 0.5) is 5.69 Å². The molecule has 0 saturated carbocycles. The zero-order valence-corrected chi connectivity index (χ0v) is 21.1. The van der Waals surface area contributed by atoms with Crippen molar-refractivity contribution in [1.29, 1.82) is 0 Å². The number of nitrogens with one attached hydrogen (secondary N) is 2. The van der Waals surface area contributed by atoms with Gasteiger partial charge < -0.3 is 20.3 Å². The maximum Gasteiger partial charge on any atom is 0.286 e. The molecule has 184 valence electrons. The van der Waals surface area contributed by atoms with E-state index in [2.05, 4.69) is 32.7 Å². The number of anilines is 1. The normalized spacial score (nSPS) is 14.5. The summed E-state index contributed by atoms with van der Waals surface area (Å²) in [4.78, 5) is 27.4. The largest absolute Gasteiger partial charge is 0.486 e. The van der Waals surface area contributed by atoms with E-state index in [1.165, 1.54) is 12.8 Å². The molecule has 1 aliphatic rings. The third-order valence-corrected chi connectivity index (χ3v) is 7.00. The van der Waals surface area contributed by atoms with Crippen molar-refractivity contribution in [2.75, 3.05) is 25.0 Å². The van der Waals surface area contributed by atoms with Crippen LogP contribution in [0.2, 0.25) is 5.02 Å². The van der Waals surface area contributed by atoms with Gasteiger partial charge in [-0.05, 0) is 87.8 Å². The maximum atomic E-state index is 12.5. The van der Waals surface area contributed by atoms with E-state index in [-0.39, 0.29) is 23.4 Å². The van der Waals surface area contributed by atoms with Gasteiger partial charge in [0.2, 0.25) is 5.01 Å². The number of amides is 2. The van der Waals surface area contributed by atoms with Crippen molar-refractivity contribution in [3.05, 3.63) is 69.1 Å². The first-order chi connectivity index (χ1) is 17.0. The minimum absolute atomic E-state index is 0.119. The van der Waals surface area contributed by atoms with Crippen LogP contribution in [0.5, 0.6) is 5.75 Å². The number of ether oxygens (including phenoxy) is 1. The van der Waals surface area contributed by atoms with Crippen molar-refractivity contribution in [1.82, 2.24) is 20.4 Å². The number of likely N-dealkylation sites (tertiary alicyclic amines) is 1. The molecule has 0 radical (unpaired) electrons. The standard InChI is InChI=1S/C25H28ClN5O3S/c1-17(31-14-2-3-15-31)12-13-27-23(32)18-4-8-20(9-5-18)28-24(33)25-30-29-22(35-25)16-34-21-10-6-19(26)7-11-21/h4-11,17H,2-3,12-16H2,1H3,(H,27,32)(H,28,33)/t17-/m1/s1. The molecule has 0 spiro atoms. The predicted molar refractivity (Wildman–Crippen MR) is 137 cm³/mol. The van der Waals surface area contributed by atoms with Crippen molar-refractivity contribution in [2.24, 2.45) is 0 Å². The van der Waals surface area contributed by atoms with Crippen LogP contribution >= 0.6 is 22.9 Å². The second-order valence-corrected chi connectivity index (χ2v) is 9.91. The van der Waals surface area contributed by atoms with E-state index >= 15 is 0 Å². The summed E-state index contributed by atoms with van der Waals surface area (Å²) in [6.07, 6.45) is 3.45. The lowest BCUT2D eigenvalue weighted by molar-refractivity contribution is 0.0949. The molecule has 10 heteroatoms. The minimum atomic E-state index is -0.367. The SMILES string of the molecule is C[C@H](CCNC(=O)c1ccc(NC(=O)c2nnc(COc3ccc(Cl)cc3)s2)cc1)N1CCCC1. The summed E-state index contributed by atoms with van der Waals surface area (Å²) in [5.74, 6) is 0.167. The molecule has 2 aromatic carbocycles. The first-order valence-corrected chi connectivity index (χ1v) is 12.8. The number of rotatable bonds is 10. The highest BCUT2D eigenvalue weighted by atomic mass is 35.5. The van der Waals surface area contributed by atoms with Crippen LogP contribution in [0, 0.1) is 0 Å². The smallest absolute Gasteiger partial charge is 0.286 e. The molecule has 35 heavy (non-hydrogen) atoms. The van der Waals surface area contributed by atoms with Gasteiger partial charge in [-0.15, -0.1) is 10.2 Å². The van der Waals surface area contributed by atoms with Crippen LogP contribution in [0.15, 0.2) is 48.5 Å². The van der Waals surface area contributed by atoms with Gasteiger partial charge in [-0.25, -0.2) is 0 Å². The number of aromatic nitrogens is 2. The fraction of sp³-hybridized carbons (Fsp3) is 0.360. The van der Waals surface area contributed by atoms with Crippen LogP contribution < -0.4 is 15.4 Å². The Hall–Kier alpha value is -3.01. The summed E-state index contributed by atoms with van der Waals surface area (Å²) in [5.41, 5.74) is 1.12. The highest BCUT2D eigenvalue weighted by Gasteiger charge is 2.18. The number of carbonyl (C=O) groups is 2. The van der Waals surface area contributed by atoms with Crippen molar-refractivity contribution in [3.63, 3.8) is 0 Å². The lowest BCUT2D eigenvalue weighted by atomic mass is 10.1. The number of hydrogen-bond donors (Lipinski definition) is 2. The summed E-state index contributed by atoms with van der Waals surface area (Å²) in [6, 6.07) is 14.3. The van der Waals surface area contributed by atoms with Gasteiger partial charge in [-0.2, -0.15) is 0 Å². The zero-order valence-electron chi connectivity index (χ0n) is 19.5.